The largest absolute Gasteiger partial charge is 2.00 e. The minimum absolute atomic E-state index is 0. The molecule has 0 aliphatic rings. The van der Waals surface area contributed by atoms with Crippen LogP contribution in [-0.4, -0.2) is 0 Å². The van der Waals surface area contributed by atoms with E-state index in [0.717, 1.165) is 0 Å². The van der Waals surface area contributed by atoms with Crippen LogP contribution in [0.1, 0.15) is 0 Å². The molecule has 32 valence electrons. The van der Waals surface area contributed by atoms with Crippen LogP contribution < -0.4 is 18.5 Å². The quantitative estimate of drug-likeness (QED) is 0.380. The molecule has 11 N–H and O–H groups in total. The predicted molar refractivity (Wildman–Crippen MR) is 17.7 cm³/mol. The van der Waals surface area contributed by atoms with Gasteiger partial charge in [-0.25, -0.2) is 0 Å². The van der Waals surface area contributed by atoms with Crippen molar-refractivity contribution in [3.05, 3.63) is 0 Å². The second-order valence-electron chi connectivity index (χ2n) is 0. The molecule has 0 spiro atoms. The summed E-state index contributed by atoms with van der Waals surface area (Å²) in [5.74, 6) is 0. The van der Waals surface area contributed by atoms with Crippen molar-refractivity contribution in [3.63, 3.8) is 0 Å². The lowest BCUT2D eigenvalue weighted by atomic mass is 14.0. The molecule has 0 amide bonds. The molecule has 0 heterocycles. The van der Waals surface area contributed by atoms with Gasteiger partial charge in [-0.15, -0.1) is 0 Å². The topological polar surface area (TPSA) is 136 Å². The first kappa shape index (κ1) is 1210. The standard InChI is InChI=1S/3H3N.O/h3*1H3;/q;;;-2/p+2. The van der Waals surface area contributed by atoms with Gasteiger partial charge in [-0.3, -0.25) is 0 Å². The minimum atomic E-state index is 0. The molecule has 0 aromatic rings. The van der Waals surface area contributed by atoms with Gasteiger partial charge in [0.15, 0.2) is 0 Å². The van der Waals surface area contributed by atoms with Gasteiger partial charge in [-0.2, -0.15) is 0 Å². The summed E-state index contributed by atoms with van der Waals surface area (Å²) in [7, 11) is 0. The van der Waals surface area contributed by atoms with Crippen molar-refractivity contribution >= 4 is 0 Å². The molecule has 0 bridgehead atoms. The van der Waals surface area contributed by atoms with E-state index in [4.69, 9.17) is 0 Å². The number of hydrogen-bond acceptors (Lipinski definition) is 1. The van der Waals surface area contributed by atoms with Crippen LogP contribution in [0, 0.1) is 0 Å². The second-order valence-corrected chi connectivity index (χ2v) is 0. The molecular formula is H11N3O. The molecule has 0 fully saturated rings. The van der Waals surface area contributed by atoms with E-state index in [2.05, 4.69) is 0 Å². The summed E-state index contributed by atoms with van der Waals surface area (Å²) >= 11 is 0. The highest BCUT2D eigenvalue weighted by Gasteiger charge is -0.344. The molecular weight excluding hydrogens is 58.0 g/mol. The fraction of sp³-hybridized carbons (Fsp3) is 0. The molecule has 4 heteroatoms. The van der Waals surface area contributed by atoms with Gasteiger partial charge < -0.3 is 23.9 Å². The summed E-state index contributed by atoms with van der Waals surface area (Å²) in [5, 5.41) is 0. The number of rotatable bonds is 0. The zero-order valence-electron chi connectivity index (χ0n) is 3.12. The molecule has 0 rings (SSSR count). The second kappa shape index (κ2) is 376. The minimum Gasteiger partial charge on any atom is -2.00 e. The van der Waals surface area contributed by atoms with Gasteiger partial charge in [0, 0.05) is 0 Å². The maximum atomic E-state index is 0. The van der Waals surface area contributed by atoms with E-state index in [1.165, 1.54) is 0 Å². The highest BCUT2D eigenvalue weighted by molar-refractivity contribution is 2.14. The lowest BCUT2D eigenvalue weighted by molar-refractivity contribution is 0.686. The first-order valence-electron chi connectivity index (χ1n) is 0. The maximum absolute atomic E-state index is 0. The average Bonchev–Trinajstić information content (AvgIpc) is 0. The Kier molecular flexibility index (Phi) is 114000. The van der Waals surface area contributed by atoms with E-state index in [9.17, 15) is 0 Å². The van der Waals surface area contributed by atoms with Crippen molar-refractivity contribution in [2.45, 2.75) is 0 Å². The van der Waals surface area contributed by atoms with Crippen LogP contribution in [0.4, 0.5) is 0 Å². The molecule has 0 aliphatic carbocycles. The van der Waals surface area contributed by atoms with E-state index in [1.54, 1.807) is 0 Å². The molecule has 0 aromatic heterocycles. The van der Waals surface area contributed by atoms with Gasteiger partial charge in [-0.1, -0.05) is 0 Å². The van der Waals surface area contributed by atoms with Crippen molar-refractivity contribution in [1.29, 1.82) is 0 Å². The van der Waals surface area contributed by atoms with E-state index >= 15 is 0 Å². The summed E-state index contributed by atoms with van der Waals surface area (Å²) in [5.41, 5.74) is 0. The van der Waals surface area contributed by atoms with Crippen molar-refractivity contribution in [3.8, 4) is 0 Å². The number of hydrogen-bond donors (Lipinski definition) is 3. The third kappa shape index (κ3) is 50.7. The summed E-state index contributed by atoms with van der Waals surface area (Å²) in [4.78, 5) is 0. The third-order valence-corrected chi connectivity index (χ3v) is 0. The summed E-state index contributed by atoms with van der Waals surface area (Å²) in [6.45, 7) is 0. The Hall–Kier alpha value is -0.160. The smallest absolute Gasteiger partial charge is 0.344 e. The van der Waals surface area contributed by atoms with Gasteiger partial charge in [-0.05, 0) is 0 Å². The highest BCUT2D eigenvalue weighted by Crippen LogP contribution is -0.119. The highest BCUT2D eigenvalue weighted by atomic mass is 16.0. The van der Waals surface area contributed by atoms with Crippen LogP contribution >= 0.6 is 0 Å². The van der Waals surface area contributed by atoms with Crippen molar-refractivity contribution < 1.29 is 5.48 Å². The Labute approximate surface area is 25.3 Å². The Morgan fingerprint density at radius 2 is 0.750 bits per heavy atom. The van der Waals surface area contributed by atoms with Crippen LogP contribution in [0.25, 0.3) is 0 Å². The van der Waals surface area contributed by atoms with E-state index in [1.807, 2.05) is 0 Å². The first-order chi connectivity index (χ1) is 0. The molecule has 4 heavy (non-hydrogen) atoms. The van der Waals surface area contributed by atoms with Gasteiger partial charge in [0.2, 0.25) is 0 Å². The molecule has 0 atom stereocenters. The zero-order chi connectivity index (χ0) is 0. The maximum Gasteiger partial charge on any atom is -0.344 e. The SMILES string of the molecule is N.[NH4+].[NH4+].[O-2]. The zero-order valence-corrected chi connectivity index (χ0v) is 3.12. The average molecular weight is 69.1 g/mol. The summed E-state index contributed by atoms with van der Waals surface area (Å²) in [6, 6.07) is 0. The van der Waals surface area contributed by atoms with Crippen LogP contribution in [-0.2, 0) is 5.48 Å². The number of quaternary nitrogens is 2. The molecule has 0 radical (unpaired) electrons. The van der Waals surface area contributed by atoms with E-state index < -0.39 is 0 Å². The van der Waals surface area contributed by atoms with Crippen molar-refractivity contribution in [2.75, 3.05) is 0 Å². The van der Waals surface area contributed by atoms with Crippen LogP contribution in [0.2, 0.25) is 0 Å². The van der Waals surface area contributed by atoms with Crippen molar-refractivity contribution in [2.24, 2.45) is 0 Å². The Morgan fingerprint density at radius 3 is 0.750 bits per heavy atom. The Morgan fingerprint density at radius 1 is 0.750 bits per heavy atom. The molecule has 0 saturated heterocycles. The van der Waals surface area contributed by atoms with Gasteiger partial charge in [0.1, 0.15) is 0 Å². The summed E-state index contributed by atoms with van der Waals surface area (Å²) < 4.78 is 0. The lowest BCUT2D eigenvalue weighted by Gasteiger charge is -2.00. The Balaban J connectivity index is 0. The monoisotopic (exact) mass is 69.1 g/mol. The molecule has 0 aromatic carbocycles. The fourth-order valence-corrected chi connectivity index (χ4v) is 0. The van der Waals surface area contributed by atoms with E-state index in [-0.39, 0.29) is 23.9 Å². The molecule has 0 unspecified atom stereocenters. The van der Waals surface area contributed by atoms with Crippen LogP contribution in [0.5, 0.6) is 0 Å². The van der Waals surface area contributed by atoms with Gasteiger partial charge in [0.05, 0.1) is 0 Å². The fourth-order valence-electron chi connectivity index (χ4n) is 0. The van der Waals surface area contributed by atoms with Gasteiger partial charge >= 0.3 is 0 Å². The molecule has 0 saturated carbocycles. The predicted octanol–water partition coefficient (Wildman–Crippen LogP) is 0.796. The molecule has 4 nitrogen and oxygen atoms in total. The summed E-state index contributed by atoms with van der Waals surface area (Å²) in [6.07, 6.45) is 0. The van der Waals surface area contributed by atoms with Crippen LogP contribution in [0.15, 0.2) is 0 Å². The normalized spacial score (nSPS) is 0. The first-order valence-corrected chi connectivity index (χ1v) is 0. The van der Waals surface area contributed by atoms with Gasteiger partial charge in [0.25, 0.3) is 0 Å². The van der Waals surface area contributed by atoms with Crippen LogP contribution in [0.3, 0.4) is 0 Å². The molecule has 0 aliphatic heterocycles. The third-order valence-electron chi connectivity index (χ3n) is 0. The lowest BCUT2D eigenvalue weighted by Crippen LogP contribution is -0.482. The van der Waals surface area contributed by atoms with E-state index in [0.29, 0.717) is 0 Å². The Bertz CT molecular complexity index is 3.25. The van der Waals surface area contributed by atoms with Crippen molar-refractivity contribution in [1.82, 2.24) is 18.5 Å².